The lowest BCUT2D eigenvalue weighted by Gasteiger charge is -2.33. The summed E-state index contributed by atoms with van der Waals surface area (Å²) in [5.74, 6) is -1.66. The van der Waals surface area contributed by atoms with E-state index in [0.717, 1.165) is 0 Å². The number of carbonyl (C=O) groups is 1. The zero-order valence-corrected chi connectivity index (χ0v) is 11.2. The highest BCUT2D eigenvalue weighted by Crippen LogP contribution is 2.34. The van der Waals surface area contributed by atoms with Crippen LogP contribution in [0.2, 0.25) is 0 Å². The first kappa shape index (κ1) is 14.7. The molecule has 0 saturated carbocycles. The Kier molecular flexibility index (Phi) is 3.92. The first-order chi connectivity index (χ1) is 9.34. The van der Waals surface area contributed by atoms with Crippen molar-refractivity contribution in [1.82, 2.24) is 14.7 Å². The fourth-order valence-electron chi connectivity index (χ4n) is 2.43. The van der Waals surface area contributed by atoms with Crippen molar-refractivity contribution in [2.75, 3.05) is 18.8 Å². The van der Waals surface area contributed by atoms with Gasteiger partial charge < -0.3 is 10.6 Å². The van der Waals surface area contributed by atoms with Gasteiger partial charge in [-0.1, -0.05) is 0 Å². The number of carbonyl (C=O) groups excluding carboxylic acids is 1. The average molecular weight is 290 g/mol. The molecule has 0 unspecified atom stereocenters. The summed E-state index contributed by atoms with van der Waals surface area (Å²) in [5, 5.41) is 3.97. The Bertz CT molecular complexity index is 489. The third-order valence-corrected chi connectivity index (χ3v) is 3.61. The van der Waals surface area contributed by atoms with E-state index in [0.29, 0.717) is 6.54 Å². The summed E-state index contributed by atoms with van der Waals surface area (Å²) < 4.78 is 39.2. The fourth-order valence-corrected chi connectivity index (χ4v) is 2.43. The summed E-state index contributed by atoms with van der Waals surface area (Å²) in [6.45, 7) is 2.49. The summed E-state index contributed by atoms with van der Waals surface area (Å²) in [6, 6.07) is 0. The van der Waals surface area contributed by atoms with E-state index >= 15 is 0 Å². The number of nitrogen functional groups attached to an aromatic ring is 1. The Morgan fingerprint density at radius 1 is 1.45 bits per heavy atom. The van der Waals surface area contributed by atoms with E-state index in [1.165, 1.54) is 15.8 Å². The summed E-state index contributed by atoms with van der Waals surface area (Å²) >= 11 is 0. The average Bonchev–Trinajstić information content (AvgIpc) is 2.78. The van der Waals surface area contributed by atoms with Crippen molar-refractivity contribution >= 4 is 11.6 Å². The molecule has 0 radical (unpaired) electrons. The number of hydrogen-bond donors (Lipinski definition) is 1. The second kappa shape index (κ2) is 5.34. The molecule has 2 rings (SSSR count). The lowest BCUT2D eigenvalue weighted by molar-refractivity contribution is -0.183. The number of aryl methyl sites for hydroxylation is 1. The SMILES string of the molecule is CCn1ncc(N)c1C(=O)N1CCC(C(F)(F)F)CC1. The van der Waals surface area contributed by atoms with Crippen LogP contribution in [-0.2, 0) is 6.54 Å². The van der Waals surface area contributed by atoms with Crippen LogP contribution in [-0.4, -0.2) is 39.9 Å². The third-order valence-electron chi connectivity index (χ3n) is 3.61. The van der Waals surface area contributed by atoms with Gasteiger partial charge in [-0.2, -0.15) is 18.3 Å². The maximum Gasteiger partial charge on any atom is 0.391 e. The van der Waals surface area contributed by atoms with Crippen molar-refractivity contribution in [3.8, 4) is 0 Å². The number of anilines is 1. The molecule has 0 aromatic carbocycles. The van der Waals surface area contributed by atoms with Gasteiger partial charge in [0.25, 0.3) is 5.91 Å². The van der Waals surface area contributed by atoms with E-state index in [-0.39, 0.29) is 43.2 Å². The molecule has 0 aliphatic carbocycles. The summed E-state index contributed by atoms with van der Waals surface area (Å²) in [7, 11) is 0. The maximum atomic E-state index is 12.6. The van der Waals surface area contributed by atoms with Gasteiger partial charge in [0.05, 0.1) is 17.8 Å². The Hall–Kier alpha value is -1.73. The second-order valence-corrected chi connectivity index (χ2v) is 4.87. The smallest absolute Gasteiger partial charge is 0.391 e. The van der Waals surface area contributed by atoms with Gasteiger partial charge in [-0.3, -0.25) is 9.48 Å². The predicted molar refractivity (Wildman–Crippen MR) is 67.0 cm³/mol. The quantitative estimate of drug-likeness (QED) is 0.904. The third kappa shape index (κ3) is 2.73. The van der Waals surface area contributed by atoms with Crippen LogP contribution in [0.4, 0.5) is 18.9 Å². The largest absolute Gasteiger partial charge is 0.396 e. The summed E-state index contributed by atoms with van der Waals surface area (Å²) in [4.78, 5) is 13.7. The number of halogens is 3. The van der Waals surface area contributed by atoms with Gasteiger partial charge in [0.2, 0.25) is 0 Å². The van der Waals surface area contributed by atoms with Crippen molar-refractivity contribution in [3.63, 3.8) is 0 Å². The molecule has 0 bridgehead atoms. The lowest BCUT2D eigenvalue weighted by Crippen LogP contribution is -2.42. The Balaban J connectivity index is 2.07. The van der Waals surface area contributed by atoms with E-state index in [9.17, 15) is 18.0 Å². The molecule has 0 spiro atoms. The molecule has 1 fully saturated rings. The molecular formula is C12H17F3N4O. The molecule has 112 valence electrons. The summed E-state index contributed by atoms with van der Waals surface area (Å²) in [6.07, 6.45) is -2.91. The van der Waals surface area contributed by atoms with Crippen LogP contribution >= 0.6 is 0 Å². The highest BCUT2D eigenvalue weighted by molar-refractivity contribution is 5.97. The number of amides is 1. The number of nitrogens with zero attached hydrogens (tertiary/aromatic N) is 3. The van der Waals surface area contributed by atoms with Gasteiger partial charge in [0, 0.05) is 19.6 Å². The molecule has 1 saturated heterocycles. The first-order valence-corrected chi connectivity index (χ1v) is 6.51. The van der Waals surface area contributed by atoms with Crippen LogP contribution in [0.25, 0.3) is 0 Å². The Labute approximate surface area is 114 Å². The molecule has 0 atom stereocenters. The van der Waals surface area contributed by atoms with Gasteiger partial charge in [-0.25, -0.2) is 0 Å². The number of piperidine rings is 1. The Morgan fingerprint density at radius 2 is 2.05 bits per heavy atom. The zero-order chi connectivity index (χ0) is 14.9. The van der Waals surface area contributed by atoms with Crippen LogP contribution in [0, 0.1) is 5.92 Å². The van der Waals surface area contributed by atoms with Crippen LogP contribution < -0.4 is 5.73 Å². The highest BCUT2D eigenvalue weighted by atomic mass is 19.4. The molecule has 1 aromatic rings. The number of nitrogens with two attached hydrogens (primary N) is 1. The molecule has 1 aliphatic rings. The van der Waals surface area contributed by atoms with Gasteiger partial charge in [-0.05, 0) is 19.8 Å². The molecule has 1 aliphatic heterocycles. The Morgan fingerprint density at radius 3 is 2.55 bits per heavy atom. The lowest BCUT2D eigenvalue weighted by atomic mass is 9.96. The van der Waals surface area contributed by atoms with E-state index < -0.39 is 12.1 Å². The highest BCUT2D eigenvalue weighted by Gasteiger charge is 2.42. The molecule has 8 heteroatoms. The molecule has 5 nitrogen and oxygen atoms in total. The molecule has 2 N–H and O–H groups in total. The van der Waals surface area contributed by atoms with Gasteiger partial charge in [-0.15, -0.1) is 0 Å². The predicted octanol–water partition coefficient (Wildman–Crippen LogP) is 1.90. The maximum absolute atomic E-state index is 12.6. The van der Waals surface area contributed by atoms with Gasteiger partial charge in [0.15, 0.2) is 0 Å². The number of likely N-dealkylation sites (tertiary alicyclic amines) is 1. The molecule has 2 heterocycles. The number of alkyl halides is 3. The molecular weight excluding hydrogens is 273 g/mol. The first-order valence-electron chi connectivity index (χ1n) is 6.51. The van der Waals surface area contributed by atoms with Crippen LogP contribution in [0.5, 0.6) is 0 Å². The number of hydrogen-bond acceptors (Lipinski definition) is 3. The summed E-state index contributed by atoms with van der Waals surface area (Å²) in [5.41, 5.74) is 6.23. The van der Waals surface area contributed by atoms with Crippen molar-refractivity contribution in [3.05, 3.63) is 11.9 Å². The van der Waals surface area contributed by atoms with Gasteiger partial charge >= 0.3 is 6.18 Å². The van der Waals surface area contributed by atoms with Crippen molar-refractivity contribution in [1.29, 1.82) is 0 Å². The standard InChI is InChI=1S/C12H17F3N4O/c1-2-19-10(9(16)7-17-19)11(20)18-5-3-8(4-6-18)12(13,14)15/h7-8H,2-6,16H2,1H3. The minimum absolute atomic E-state index is 0.0601. The van der Waals surface area contributed by atoms with Crippen molar-refractivity contribution < 1.29 is 18.0 Å². The van der Waals surface area contributed by atoms with E-state index in [2.05, 4.69) is 5.10 Å². The fraction of sp³-hybridized carbons (Fsp3) is 0.667. The van der Waals surface area contributed by atoms with E-state index in [1.807, 2.05) is 6.92 Å². The topological polar surface area (TPSA) is 64.2 Å². The van der Waals surface area contributed by atoms with Crippen molar-refractivity contribution in [2.24, 2.45) is 5.92 Å². The second-order valence-electron chi connectivity index (χ2n) is 4.87. The van der Waals surface area contributed by atoms with Gasteiger partial charge in [0.1, 0.15) is 5.69 Å². The minimum Gasteiger partial charge on any atom is -0.396 e. The monoisotopic (exact) mass is 290 g/mol. The zero-order valence-electron chi connectivity index (χ0n) is 11.2. The van der Waals surface area contributed by atoms with Crippen LogP contribution in [0.15, 0.2) is 6.20 Å². The van der Waals surface area contributed by atoms with Crippen LogP contribution in [0.3, 0.4) is 0 Å². The number of rotatable bonds is 2. The number of aromatic nitrogens is 2. The van der Waals surface area contributed by atoms with Crippen LogP contribution in [0.1, 0.15) is 30.3 Å². The van der Waals surface area contributed by atoms with E-state index in [4.69, 9.17) is 5.73 Å². The minimum atomic E-state index is -4.18. The molecule has 20 heavy (non-hydrogen) atoms. The van der Waals surface area contributed by atoms with Crippen molar-refractivity contribution in [2.45, 2.75) is 32.5 Å². The van der Waals surface area contributed by atoms with E-state index in [1.54, 1.807) is 0 Å². The molecule has 1 aromatic heterocycles. The molecule has 1 amide bonds. The normalized spacial score (nSPS) is 17.5.